The molecule has 0 unspecified atom stereocenters. The zero-order valence-electron chi connectivity index (χ0n) is 8.03. The lowest BCUT2D eigenvalue weighted by atomic mass is 10.5. The minimum Gasteiger partial charge on any atom is -0.466 e. The maximum atomic E-state index is 10.7. The number of carbonyl (C=O) groups excluding carboxylic acids is 2. The summed E-state index contributed by atoms with van der Waals surface area (Å²) in [5, 5.41) is 0. The second-order valence-corrected chi connectivity index (χ2v) is 2.61. The van der Waals surface area contributed by atoms with E-state index in [-0.39, 0.29) is 6.61 Å². The molecule has 0 aromatic rings. The van der Waals surface area contributed by atoms with Crippen LogP contribution in [0, 0.1) is 11.8 Å². The number of ether oxygens (including phenoxy) is 2. The quantitative estimate of drug-likeness (QED) is 0.440. The van der Waals surface area contributed by atoms with Crippen molar-refractivity contribution in [2.24, 2.45) is 0 Å². The van der Waals surface area contributed by atoms with Gasteiger partial charge in [0, 0.05) is 12.2 Å². The number of esters is 2. The van der Waals surface area contributed by atoms with Gasteiger partial charge >= 0.3 is 11.9 Å². The van der Waals surface area contributed by atoms with Gasteiger partial charge in [0.05, 0.1) is 7.11 Å². The minimum absolute atomic E-state index is 0.0261. The molecule has 0 aromatic carbocycles. The summed E-state index contributed by atoms with van der Waals surface area (Å²) in [6.45, 7) is -0.0261. The molecule has 0 heterocycles. The fourth-order valence-corrected chi connectivity index (χ4v) is 0.701. The van der Waals surface area contributed by atoms with Crippen LogP contribution >= 0.6 is 15.9 Å². The average molecular weight is 273 g/mol. The molecule has 0 fully saturated rings. The van der Waals surface area contributed by atoms with Crippen LogP contribution in [0.4, 0.5) is 0 Å². The smallest absolute Gasteiger partial charge is 0.332 e. The third-order valence-electron chi connectivity index (χ3n) is 1.09. The molecule has 0 aliphatic carbocycles. The van der Waals surface area contributed by atoms with E-state index in [0.717, 1.165) is 0 Å². The van der Waals surface area contributed by atoms with Crippen molar-refractivity contribution in [2.75, 3.05) is 13.7 Å². The zero-order valence-corrected chi connectivity index (χ0v) is 9.61. The number of carbonyl (C=O) groups is 2. The minimum atomic E-state index is -0.488. The molecule has 0 bridgehead atoms. The van der Waals surface area contributed by atoms with E-state index in [1.54, 1.807) is 0 Å². The Morgan fingerprint density at radius 1 is 1.33 bits per heavy atom. The van der Waals surface area contributed by atoms with Crippen LogP contribution in [0.25, 0.3) is 0 Å². The number of methoxy groups -OCH3 is 1. The highest BCUT2D eigenvalue weighted by Crippen LogP contribution is 1.85. The van der Waals surface area contributed by atoms with E-state index in [1.165, 1.54) is 30.3 Å². The summed E-state index contributed by atoms with van der Waals surface area (Å²) in [4.78, 5) is 22.7. The van der Waals surface area contributed by atoms with E-state index in [1.807, 2.05) is 0 Å². The van der Waals surface area contributed by atoms with Crippen molar-refractivity contribution in [3.05, 3.63) is 23.2 Å². The van der Waals surface area contributed by atoms with Gasteiger partial charge in [-0.3, -0.25) is 0 Å². The van der Waals surface area contributed by atoms with Crippen LogP contribution in [0.5, 0.6) is 0 Å². The Hall–Kier alpha value is -1.54. The van der Waals surface area contributed by atoms with E-state index in [2.05, 4.69) is 37.2 Å². The number of rotatable bonds is 3. The van der Waals surface area contributed by atoms with Crippen LogP contribution in [-0.4, -0.2) is 25.7 Å². The number of hydrogen-bond acceptors (Lipinski definition) is 4. The van der Waals surface area contributed by atoms with Crippen molar-refractivity contribution >= 4 is 27.9 Å². The third kappa shape index (κ3) is 8.78. The van der Waals surface area contributed by atoms with E-state index in [0.29, 0.717) is 0 Å². The van der Waals surface area contributed by atoms with Crippen molar-refractivity contribution in [1.29, 1.82) is 0 Å². The summed E-state index contributed by atoms with van der Waals surface area (Å²) in [6.07, 6.45) is 3.71. The second-order valence-electron chi connectivity index (χ2n) is 2.08. The van der Waals surface area contributed by atoms with Gasteiger partial charge in [-0.15, -0.1) is 0 Å². The molecule has 4 nitrogen and oxygen atoms in total. The van der Waals surface area contributed by atoms with Gasteiger partial charge in [0.1, 0.15) is 0 Å². The Labute approximate surface area is 96.1 Å². The molecule has 15 heavy (non-hydrogen) atoms. The van der Waals surface area contributed by atoms with Crippen molar-refractivity contribution < 1.29 is 19.1 Å². The van der Waals surface area contributed by atoms with E-state index in [4.69, 9.17) is 0 Å². The van der Waals surface area contributed by atoms with Gasteiger partial charge in [0.25, 0.3) is 0 Å². The number of halogens is 1. The molecule has 0 saturated heterocycles. The summed E-state index contributed by atoms with van der Waals surface area (Å²) in [5.74, 6) is 4.05. The summed E-state index contributed by atoms with van der Waals surface area (Å²) >= 11 is 2.93. The molecule has 0 radical (unpaired) electrons. The van der Waals surface area contributed by atoms with Gasteiger partial charge in [0.15, 0.2) is 6.61 Å². The molecule has 0 N–H and O–H groups in total. The Balaban J connectivity index is 3.77. The first kappa shape index (κ1) is 13.5. The third-order valence-corrected chi connectivity index (χ3v) is 1.36. The fraction of sp³-hybridized carbons (Fsp3) is 0.200. The van der Waals surface area contributed by atoms with Crippen molar-refractivity contribution in [3.8, 4) is 11.8 Å². The molecule has 5 heteroatoms. The van der Waals surface area contributed by atoms with Crippen LogP contribution in [0.15, 0.2) is 23.2 Å². The molecule has 0 rings (SSSR count). The van der Waals surface area contributed by atoms with Crippen molar-refractivity contribution in [3.63, 3.8) is 0 Å². The van der Waals surface area contributed by atoms with Crippen LogP contribution in [0.2, 0.25) is 0 Å². The van der Waals surface area contributed by atoms with Crippen LogP contribution < -0.4 is 0 Å². The Bertz CT molecular complexity index is 333. The number of hydrogen-bond donors (Lipinski definition) is 0. The van der Waals surface area contributed by atoms with Gasteiger partial charge in [-0.1, -0.05) is 27.8 Å². The van der Waals surface area contributed by atoms with Crippen LogP contribution in [0.3, 0.4) is 0 Å². The molecule has 0 aliphatic rings. The van der Waals surface area contributed by atoms with Gasteiger partial charge < -0.3 is 9.47 Å². The van der Waals surface area contributed by atoms with Crippen LogP contribution in [-0.2, 0) is 19.1 Å². The molecule has 0 spiro atoms. The SMILES string of the molecule is COC(=O)/C=C\C#CCOC(=O)/C=C\Br. The predicted octanol–water partition coefficient (Wildman–Crippen LogP) is 1.17. The maximum absolute atomic E-state index is 10.7. The maximum Gasteiger partial charge on any atom is 0.332 e. The summed E-state index contributed by atoms with van der Waals surface area (Å²) < 4.78 is 8.97. The first-order valence-corrected chi connectivity index (χ1v) is 4.78. The topological polar surface area (TPSA) is 52.6 Å². The lowest BCUT2D eigenvalue weighted by Gasteiger charge is -1.91. The molecule has 0 amide bonds. The predicted molar refractivity (Wildman–Crippen MR) is 58.0 cm³/mol. The molecule has 0 aromatic heterocycles. The lowest BCUT2D eigenvalue weighted by molar-refractivity contribution is -0.136. The summed E-state index contributed by atoms with van der Waals surface area (Å²) in [5.41, 5.74) is 0. The number of allylic oxidation sites excluding steroid dienone is 1. The van der Waals surface area contributed by atoms with E-state index >= 15 is 0 Å². The zero-order chi connectivity index (χ0) is 11.5. The Morgan fingerprint density at radius 2 is 2.07 bits per heavy atom. The van der Waals surface area contributed by atoms with Gasteiger partial charge in [-0.25, -0.2) is 9.59 Å². The largest absolute Gasteiger partial charge is 0.466 e. The van der Waals surface area contributed by atoms with Crippen molar-refractivity contribution in [2.45, 2.75) is 0 Å². The normalized spacial score (nSPS) is 9.73. The molecule has 0 saturated carbocycles. The highest BCUT2D eigenvalue weighted by molar-refractivity contribution is 9.11. The van der Waals surface area contributed by atoms with E-state index < -0.39 is 11.9 Å². The van der Waals surface area contributed by atoms with Gasteiger partial charge in [-0.2, -0.15) is 0 Å². The van der Waals surface area contributed by atoms with E-state index in [9.17, 15) is 9.59 Å². The second kappa shape index (κ2) is 9.03. The van der Waals surface area contributed by atoms with Gasteiger partial charge in [-0.05, 0) is 11.1 Å². The highest BCUT2D eigenvalue weighted by Gasteiger charge is 1.91. The molecular formula is C10H9BrO4. The summed E-state index contributed by atoms with van der Waals surface area (Å²) in [6, 6.07) is 0. The van der Waals surface area contributed by atoms with Crippen molar-refractivity contribution in [1.82, 2.24) is 0 Å². The Kier molecular flexibility index (Phi) is 8.10. The first-order valence-electron chi connectivity index (χ1n) is 3.87. The monoisotopic (exact) mass is 272 g/mol. The fourth-order valence-electron chi connectivity index (χ4n) is 0.485. The average Bonchev–Trinajstić information content (AvgIpc) is 2.23. The highest BCUT2D eigenvalue weighted by atomic mass is 79.9. The lowest BCUT2D eigenvalue weighted by Crippen LogP contribution is -1.99. The van der Waals surface area contributed by atoms with Gasteiger partial charge in [0.2, 0.25) is 0 Å². The van der Waals surface area contributed by atoms with Crippen LogP contribution in [0.1, 0.15) is 0 Å². The standard InChI is InChI=1S/C10H9BrO4/c1-14-9(12)5-3-2-4-8-15-10(13)6-7-11/h3,5-7H,8H2,1H3/b5-3-,7-6-. The molecule has 80 valence electrons. The molecular weight excluding hydrogens is 264 g/mol. The molecule has 0 aliphatic heterocycles. The Morgan fingerprint density at radius 3 is 2.67 bits per heavy atom. The first-order chi connectivity index (χ1) is 7.20. The molecule has 0 atom stereocenters. The summed E-state index contributed by atoms with van der Waals surface area (Å²) in [7, 11) is 1.27.